The van der Waals surface area contributed by atoms with Crippen molar-refractivity contribution in [2.75, 3.05) is 6.54 Å². The van der Waals surface area contributed by atoms with E-state index in [1.54, 1.807) is 0 Å². The van der Waals surface area contributed by atoms with Crippen LogP contribution >= 0.6 is 0 Å². The van der Waals surface area contributed by atoms with E-state index in [9.17, 15) is 4.79 Å². The molecule has 0 bridgehead atoms. The Kier molecular flexibility index (Phi) is 5.40. The third-order valence-electron chi connectivity index (χ3n) is 2.42. The van der Waals surface area contributed by atoms with Crippen molar-refractivity contribution in [3.05, 3.63) is 29.8 Å². The molecule has 0 saturated carbocycles. The molecule has 0 unspecified atom stereocenters. The lowest BCUT2D eigenvalue weighted by atomic mass is 10.1. The Morgan fingerprint density at radius 2 is 1.79 bits per heavy atom. The number of ether oxygens (including phenoxy) is 1. The second kappa shape index (κ2) is 6.60. The highest BCUT2D eigenvalue weighted by atomic mass is 16.5. The second-order valence-corrected chi connectivity index (χ2v) is 6.23. The Morgan fingerprint density at radius 1 is 1.21 bits per heavy atom. The molecule has 1 aromatic carbocycles. The van der Waals surface area contributed by atoms with Crippen molar-refractivity contribution in [2.24, 2.45) is 5.92 Å². The van der Waals surface area contributed by atoms with Gasteiger partial charge in [-0.15, -0.1) is 0 Å². The molecule has 106 valence electrons. The minimum absolute atomic E-state index is 0.0678. The Hall–Kier alpha value is -1.51. The minimum Gasteiger partial charge on any atom is -0.488 e. The van der Waals surface area contributed by atoms with Gasteiger partial charge in [-0.3, -0.25) is 4.79 Å². The molecule has 0 aromatic heterocycles. The van der Waals surface area contributed by atoms with Crippen LogP contribution in [-0.4, -0.2) is 18.1 Å². The van der Waals surface area contributed by atoms with Crippen molar-refractivity contribution in [3.63, 3.8) is 0 Å². The van der Waals surface area contributed by atoms with Crippen LogP contribution in [0.1, 0.15) is 40.2 Å². The summed E-state index contributed by atoms with van der Waals surface area (Å²) in [5.74, 6) is 1.38. The quantitative estimate of drug-likeness (QED) is 0.886. The molecule has 0 saturated heterocycles. The number of hydrogen-bond donors (Lipinski definition) is 1. The lowest BCUT2D eigenvalue weighted by molar-refractivity contribution is -0.120. The first-order chi connectivity index (χ1) is 8.76. The van der Waals surface area contributed by atoms with Gasteiger partial charge in [0, 0.05) is 6.54 Å². The molecule has 19 heavy (non-hydrogen) atoms. The minimum atomic E-state index is -0.198. The highest BCUT2D eigenvalue weighted by Gasteiger charge is 2.11. The summed E-state index contributed by atoms with van der Waals surface area (Å²) in [6.07, 6.45) is 0.419. The molecule has 1 amide bonds. The Morgan fingerprint density at radius 3 is 2.26 bits per heavy atom. The van der Waals surface area contributed by atoms with Gasteiger partial charge >= 0.3 is 0 Å². The van der Waals surface area contributed by atoms with E-state index in [-0.39, 0.29) is 11.5 Å². The van der Waals surface area contributed by atoms with E-state index in [0.29, 0.717) is 12.3 Å². The number of nitrogens with one attached hydrogen (secondary N) is 1. The van der Waals surface area contributed by atoms with Crippen LogP contribution in [0.3, 0.4) is 0 Å². The molecule has 0 fully saturated rings. The Balaban J connectivity index is 2.50. The van der Waals surface area contributed by atoms with Crippen molar-refractivity contribution in [2.45, 2.75) is 46.6 Å². The molecule has 0 heterocycles. The maximum absolute atomic E-state index is 11.7. The van der Waals surface area contributed by atoms with E-state index in [1.807, 2.05) is 45.0 Å². The first-order valence-electron chi connectivity index (χ1n) is 6.81. The number of amides is 1. The van der Waals surface area contributed by atoms with Gasteiger partial charge in [0.25, 0.3) is 0 Å². The average molecular weight is 263 g/mol. The fourth-order valence-corrected chi connectivity index (χ4v) is 1.59. The van der Waals surface area contributed by atoms with Gasteiger partial charge in [0.2, 0.25) is 5.91 Å². The molecule has 0 aliphatic carbocycles. The van der Waals surface area contributed by atoms with Gasteiger partial charge in [0.1, 0.15) is 11.4 Å². The lowest BCUT2D eigenvalue weighted by Crippen LogP contribution is -2.28. The Labute approximate surface area is 116 Å². The summed E-state index contributed by atoms with van der Waals surface area (Å²) in [4.78, 5) is 11.7. The topological polar surface area (TPSA) is 38.3 Å². The summed E-state index contributed by atoms with van der Waals surface area (Å²) in [5, 5.41) is 2.91. The summed E-state index contributed by atoms with van der Waals surface area (Å²) in [6, 6.07) is 7.71. The Bertz CT molecular complexity index is 402. The molecule has 0 spiro atoms. The summed E-state index contributed by atoms with van der Waals surface area (Å²) in [6.45, 7) is 10.9. The fraction of sp³-hybridized carbons (Fsp3) is 0.562. The zero-order valence-corrected chi connectivity index (χ0v) is 12.6. The van der Waals surface area contributed by atoms with Crippen LogP contribution in [0.15, 0.2) is 24.3 Å². The summed E-state index contributed by atoms with van der Waals surface area (Å²) in [7, 11) is 0. The van der Waals surface area contributed by atoms with E-state index in [1.165, 1.54) is 0 Å². The standard InChI is InChI=1S/C16H25NO2/c1-12(2)11-17-15(18)10-13-6-8-14(9-7-13)19-16(3,4)5/h6-9,12H,10-11H2,1-5H3,(H,17,18). The van der Waals surface area contributed by atoms with Crippen molar-refractivity contribution in [1.29, 1.82) is 0 Å². The molecule has 0 aliphatic rings. The predicted octanol–water partition coefficient (Wildman–Crippen LogP) is 3.18. The lowest BCUT2D eigenvalue weighted by Gasteiger charge is -2.21. The van der Waals surface area contributed by atoms with Gasteiger partial charge in [-0.25, -0.2) is 0 Å². The van der Waals surface area contributed by atoms with Crippen LogP contribution in [0.4, 0.5) is 0 Å². The zero-order valence-electron chi connectivity index (χ0n) is 12.6. The molecule has 3 nitrogen and oxygen atoms in total. The van der Waals surface area contributed by atoms with E-state index in [4.69, 9.17) is 4.74 Å². The van der Waals surface area contributed by atoms with Gasteiger partial charge in [0.15, 0.2) is 0 Å². The molecular formula is C16H25NO2. The zero-order chi connectivity index (χ0) is 14.5. The van der Waals surface area contributed by atoms with Gasteiger partial charge < -0.3 is 10.1 Å². The van der Waals surface area contributed by atoms with Crippen LogP contribution < -0.4 is 10.1 Å². The van der Waals surface area contributed by atoms with Gasteiger partial charge in [-0.05, 0) is 44.4 Å². The summed E-state index contributed by atoms with van der Waals surface area (Å²) in [5.41, 5.74) is 0.804. The number of rotatable bonds is 5. The van der Waals surface area contributed by atoms with Crippen LogP contribution in [0.2, 0.25) is 0 Å². The molecule has 0 radical (unpaired) electrons. The van der Waals surface area contributed by atoms with E-state index in [0.717, 1.165) is 17.9 Å². The molecule has 0 aliphatic heterocycles. The molecule has 0 atom stereocenters. The second-order valence-electron chi connectivity index (χ2n) is 6.23. The predicted molar refractivity (Wildman–Crippen MR) is 78.4 cm³/mol. The highest BCUT2D eigenvalue weighted by molar-refractivity contribution is 5.78. The van der Waals surface area contributed by atoms with Gasteiger partial charge in [-0.2, -0.15) is 0 Å². The van der Waals surface area contributed by atoms with Gasteiger partial charge in [-0.1, -0.05) is 26.0 Å². The normalized spacial score (nSPS) is 11.5. The van der Waals surface area contributed by atoms with E-state index < -0.39 is 0 Å². The van der Waals surface area contributed by atoms with Crippen molar-refractivity contribution < 1.29 is 9.53 Å². The highest BCUT2D eigenvalue weighted by Crippen LogP contribution is 2.18. The van der Waals surface area contributed by atoms with E-state index >= 15 is 0 Å². The smallest absolute Gasteiger partial charge is 0.224 e. The van der Waals surface area contributed by atoms with Crippen molar-refractivity contribution in [3.8, 4) is 5.75 Å². The molecular weight excluding hydrogens is 238 g/mol. The first kappa shape index (κ1) is 15.5. The van der Waals surface area contributed by atoms with Crippen LogP contribution in [0.5, 0.6) is 5.75 Å². The average Bonchev–Trinajstić information content (AvgIpc) is 2.27. The van der Waals surface area contributed by atoms with Crippen LogP contribution in [0.25, 0.3) is 0 Å². The number of carbonyl (C=O) groups is 1. The third-order valence-corrected chi connectivity index (χ3v) is 2.42. The molecule has 1 rings (SSSR count). The fourth-order valence-electron chi connectivity index (χ4n) is 1.59. The summed E-state index contributed by atoms with van der Waals surface area (Å²) >= 11 is 0. The van der Waals surface area contributed by atoms with E-state index in [2.05, 4.69) is 19.2 Å². The summed E-state index contributed by atoms with van der Waals surface area (Å²) < 4.78 is 5.74. The van der Waals surface area contributed by atoms with Crippen molar-refractivity contribution >= 4 is 5.91 Å². The van der Waals surface area contributed by atoms with Crippen LogP contribution in [-0.2, 0) is 11.2 Å². The monoisotopic (exact) mass is 263 g/mol. The third kappa shape index (κ3) is 6.85. The number of benzene rings is 1. The number of hydrogen-bond acceptors (Lipinski definition) is 2. The largest absolute Gasteiger partial charge is 0.488 e. The first-order valence-corrected chi connectivity index (χ1v) is 6.81. The molecule has 1 aromatic rings. The van der Waals surface area contributed by atoms with Gasteiger partial charge in [0.05, 0.1) is 6.42 Å². The number of carbonyl (C=O) groups excluding carboxylic acids is 1. The SMILES string of the molecule is CC(C)CNC(=O)Cc1ccc(OC(C)(C)C)cc1. The maximum Gasteiger partial charge on any atom is 0.224 e. The van der Waals surface area contributed by atoms with Crippen LogP contribution in [0, 0.1) is 5.92 Å². The maximum atomic E-state index is 11.7. The van der Waals surface area contributed by atoms with Crippen molar-refractivity contribution in [1.82, 2.24) is 5.32 Å². The molecule has 3 heteroatoms. The molecule has 1 N–H and O–H groups in total.